The zero-order valence-electron chi connectivity index (χ0n) is 12.0. The molecule has 3 nitrogen and oxygen atoms in total. The minimum Gasteiger partial charge on any atom is -0.282 e. The van der Waals surface area contributed by atoms with Crippen LogP contribution in [0, 0.1) is 11.8 Å². The third-order valence-electron chi connectivity index (χ3n) is 4.45. The lowest BCUT2D eigenvalue weighted by Crippen LogP contribution is -2.33. The molecule has 2 aliphatic rings. The summed E-state index contributed by atoms with van der Waals surface area (Å²) in [6.45, 7) is 2.50. The number of likely N-dealkylation sites (tertiary alicyclic amines) is 1. The molecule has 0 N–H and O–H groups in total. The normalized spacial score (nSPS) is 25.0. The van der Waals surface area contributed by atoms with E-state index in [0.717, 1.165) is 12.0 Å². The van der Waals surface area contributed by atoms with Gasteiger partial charge in [-0.3, -0.25) is 14.5 Å². The maximum Gasteiger partial charge on any atom is 0.233 e. The van der Waals surface area contributed by atoms with Crippen LogP contribution in [0.15, 0.2) is 35.9 Å². The third kappa shape index (κ3) is 2.75. The molecule has 1 aromatic rings. The largest absolute Gasteiger partial charge is 0.282 e. The first-order chi connectivity index (χ1) is 10.1. The van der Waals surface area contributed by atoms with E-state index in [4.69, 9.17) is 11.6 Å². The first-order valence-electron chi connectivity index (χ1n) is 7.31. The van der Waals surface area contributed by atoms with Crippen LogP contribution in [0.5, 0.6) is 0 Å². The quantitative estimate of drug-likeness (QED) is 0.635. The van der Waals surface area contributed by atoms with E-state index in [0.29, 0.717) is 24.4 Å². The van der Waals surface area contributed by atoms with Crippen molar-refractivity contribution in [2.45, 2.75) is 26.2 Å². The van der Waals surface area contributed by atoms with Crippen molar-refractivity contribution in [1.29, 1.82) is 0 Å². The van der Waals surface area contributed by atoms with E-state index in [-0.39, 0.29) is 23.7 Å². The van der Waals surface area contributed by atoms with Crippen molar-refractivity contribution in [3.63, 3.8) is 0 Å². The van der Waals surface area contributed by atoms with Crippen molar-refractivity contribution >= 4 is 23.4 Å². The maximum absolute atomic E-state index is 12.4. The van der Waals surface area contributed by atoms with Crippen LogP contribution in [-0.2, 0) is 16.0 Å². The number of benzene rings is 1. The van der Waals surface area contributed by atoms with Gasteiger partial charge in [-0.05, 0) is 43.9 Å². The highest BCUT2D eigenvalue weighted by atomic mass is 35.5. The Balaban J connectivity index is 1.68. The van der Waals surface area contributed by atoms with Crippen LogP contribution in [0.3, 0.4) is 0 Å². The van der Waals surface area contributed by atoms with E-state index in [1.165, 1.54) is 10.5 Å². The van der Waals surface area contributed by atoms with Gasteiger partial charge >= 0.3 is 0 Å². The van der Waals surface area contributed by atoms with Gasteiger partial charge in [0.25, 0.3) is 0 Å². The Labute approximate surface area is 129 Å². The Bertz CT molecular complexity index is 606. The zero-order valence-corrected chi connectivity index (χ0v) is 12.8. The average Bonchev–Trinajstić information content (AvgIpc) is 2.70. The molecule has 0 aromatic heterocycles. The number of carbonyl (C=O) groups excluding carboxylic acids is 2. The summed E-state index contributed by atoms with van der Waals surface area (Å²) in [5.74, 6) is -0.256. The highest BCUT2D eigenvalue weighted by Crippen LogP contribution is 2.37. The molecule has 2 atom stereocenters. The molecule has 1 aromatic carbocycles. The van der Waals surface area contributed by atoms with Crippen molar-refractivity contribution in [2.24, 2.45) is 11.8 Å². The van der Waals surface area contributed by atoms with Gasteiger partial charge in [0.2, 0.25) is 11.8 Å². The molecule has 3 rings (SSSR count). The molecular weight excluding hydrogens is 286 g/mol. The Kier molecular flexibility index (Phi) is 3.85. The monoisotopic (exact) mass is 303 g/mol. The number of halogens is 1. The lowest BCUT2D eigenvalue weighted by molar-refractivity contribution is -0.139. The van der Waals surface area contributed by atoms with Crippen LogP contribution >= 0.6 is 11.6 Å². The van der Waals surface area contributed by atoms with E-state index >= 15 is 0 Å². The summed E-state index contributed by atoms with van der Waals surface area (Å²) in [4.78, 5) is 26.3. The standard InChI is InChI=1S/C17H18ClNO2/c1-11-2-7-14-15(10-11)17(21)19(16(14)20)9-8-12-3-5-13(18)6-4-12/h2-6,14-15H,7-10H2,1H3/t14-,15-/m1/s1. The minimum absolute atomic E-state index is 0.00251. The molecule has 0 saturated carbocycles. The van der Waals surface area contributed by atoms with Crippen LogP contribution in [0.2, 0.25) is 5.02 Å². The third-order valence-corrected chi connectivity index (χ3v) is 4.70. The van der Waals surface area contributed by atoms with Gasteiger partial charge in [-0.1, -0.05) is 35.4 Å². The summed E-state index contributed by atoms with van der Waals surface area (Å²) >= 11 is 5.86. The molecule has 0 unspecified atom stereocenters. The molecule has 1 fully saturated rings. The number of imide groups is 1. The number of amides is 2. The summed E-state index contributed by atoms with van der Waals surface area (Å²) in [5, 5.41) is 0.694. The van der Waals surface area contributed by atoms with Crippen LogP contribution in [0.25, 0.3) is 0 Å². The van der Waals surface area contributed by atoms with Gasteiger partial charge in [-0.2, -0.15) is 0 Å². The van der Waals surface area contributed by atoms with Crippen molar-refractivity contribution in [3.05, 3.63) is 46.5 Å². The summed E-state index contributed by atoms with van der Waals surface area (Å²) < 4.78 is 0. The molecule has 4 heteroatoms. The second kappa shape index (κ2) is 5.64. The molecule has 110 valence electrons. The SMILES string of the molecule is CC1=CC[C@H]2C(=O)N(CCc3ccc(Cl)cc3)C(=O)[C@@H]2C1. The second-order valence-electron chi connectivity index (χ2n) is 5.91. The zero-order chi connectivity index (χ0) is 15.0. The number of hydrogen-bond donors (Lipinski definition) is 0. The topological polar surface area (TPSA) is 37.4 Å². The molecule has 1 saturated heterocycles. The highest BCUT2D eigenvalue weighted by Gasteiger charge is 2.47. The smallest absolute Gasteiger partial charge is 0.233 e. The Morgan fingerprint density at radius 1 is 1.14 bits per heavy atom. The first kappa shape index (κ1) is 14.3. The van der Waals surface area contributed by atoms with Crippen molar-refractivity contribution in [1.82, 2.24) is 4.90 Å². The molecule has 0 spiro atoms. The summed E-state index contributed by atoms with van der Waals surface area (Å²) in [5.41, 5.74) is 2.31. The van der Waals surface area contributed by atoms with Crippen LogP contribution in [-0.4, -0.2) is 23.3 Å². The Hall–Kier alpha value is -1.61. The molecule has 1 aliphatic carbocycles. The fraction of sp³-hybridized carbons (Fsp3) is 0.412. The van der Waals surface area contributed by atoms with E-state index in [1.54, 1.807) is 0 Å². The van der Waals surface area contributed by atoms with E-state index < -0.39 is 0 Å². The molecule has 0 bridgehead atoms. The summed E-state index contributed by atoms with van der Waals surface area (Å²) in [6, 6.07) is 7.54. The molecule has 1 heterocycles. The summed E-state index contributed by atoms with van der Waals surface area (Å²) in [7, 11) is 0. The van der Waals surface area contributed by atoms with E-state index in [2.05, 4.69) is 6.08 Å². The predicted molar refractivity (Wildman–Crippen MR) is 81.8 cm³/mol. The molecule has 1 aliphatic heterocycles. The van der Waals surface area contributed by atoms with Crippen molar-refractivity contribution < 1.29 is 9.59 Å². The van der Waals surface area contributed by atoms with Gasteiger partial charge < -0.3 is 0 Å². The van der Waals surface area contributed by atoms with E-state index in [9.17, 15) is 9.59 Å². The van der Waals surface area contributed by atoms with Crippen LogP contribution < -0.4 is 0 Å². The summed E-state index contributed by atoms with van der Waals surface area (Å²) in [6.07, 6.45) is 4.21. The van der Waals surface area contributed by atoms with E-state index in [1.807, 2.05) is 31.2 Å². The maximum atomic E-state index is 12.4. The lowest BCUT2D eigenvalue weighted by atomic mass is 9.82. The average molecular weight is 304 g/mol. The van der Waals surface area contributed by atoms with Gasteiger partial charge in [0, 0.05) is 11.6 Å². The van der Waals surface area contributed by atoms with Gasteiger partial charge in [0.05, 0.1) is 11.8 Å². The molecule has 0 radical (unpaired) electrons. The first-order valence-corrected chi connectivity index (χ1v) is 7.69. The van der Waals surface area contributed by atoms with Crippen LogP contribution in [0.4, 0.5) is 0 Å². The fourth-order valence-electron chi connectivity index (χ4n) is 3.22. The van der Waals surface area contributed by atoms with Gasteiger partial charge in [-0.25, -0.2) is 0 Å². The van der Waals surface area contributed by atoms with Gasteiger partial charge in [-0.15, -0.1) is 0 Å². The van der Waals surface area contributed by atoms with Gasteiger partial charge in [0.15, 0.2) is 0 Å². The number of hydrogen-bond acceptors (Lipinski definition) is 2. The van der Waals surface area contributed by atoms with Crippen LogP contribution in [0.1, 0.15) is 25.3 Å². The number of allylic oxidation sites excluding steroid dienone is 2. The van der Waals surface area contributed by atoms with Crippen molar-refractivity contribution in [3.8, 4) is 0 Å². The number of nitrogens with zero attached hydrogens (tertiary/aromatic N) is 1. The lowest BCUT2D eigenvalue weighted by Gasteiger charge is -2.19. The fourth-order valence-corrected chi connectivity index (χ4v) is 3.34. The molecule has 21 heavy (non-hydrogen) atoms. The minimum atomic E-state index is -0.133. The van der Waals surface area contributed by atoms with Gasteiger partial charge in [0.1, 0.15) is 0 Å². The number of fused-ring (bicyclic) bond motifs is 1. The molecular formula is C17H18ClNO2. The van der Waals surface area contributed by atoms with Crippen molar-refractivity contribution in [2.75, 3.05) is 6.54 Å². The Morgan fingerprint density at radius 3 is 2.52 bits per heavy atom. The highest BCUT2D eigenvalue weighted by molar-refractivity contribution is 6.30. The molecule has 2 amide bonds. The number of rotatable bonds is 3. The number of carbonyl (C=O) groups is 2. The second-order valence-corrected chi connectivity index (χ2v) is 6.34. The predicted octanol–water partition coefficient (Wildman–Crippen LogP) is 3.22. The Morgan fingerprint density at radius 2 is 1.81 bits per heavy atom.